The van der Waals surface area contributed by atoms with Gasteiger partial charge in [0, 0.05) is 17.1 Å². The predicted octanol–water partition coefficient (Wildman–Crippen LogP) is 2.99. The molecule has 3 rings (SSSR count). The Bertz CT molecular complexity index is 921. The molecule has 10 heteroatoms. The Kier molecular flexibility index (Phi) is 5.29. The van der Waals surface area contributed by atoms with E-state index in [1.165, 1.54) is 10.7 Å². The molecule has 0 spiro atoms. The summed E-state index contributed by atoms with van der Waals surface area (Å²) in [5, 5.41) is 4.65. The monoisotopic (exact) mass is 405 g/mol. The number of sulfone groups is 1. The SMILES string of the molecule is CN(Cc1c(F)cccc1Cl)Cn1nc([C@H]2CCS(=O)(=O)C2)oc1=S. The van der Waals surface area contributed by atoms with Gasteiger partial charge >= 0.3 is 0 Å². The molecule has 2 heterocycles. The van der Waals surface area contributed by atoms with Gasteiger partial charge in [-0.2, -0.15) is 0 Å². The molecule has 1 atom stereocenters. The molecular weight excluding hydrogens is 389 g/mol. The smallest absolute Gasteiger partial charge is 0.288 e. The van der Waals surface area contributed by atoms with Crippen LogP contribution in [0.25, 0.3) is 0 Å². The lowest BCUT2D eigenvalue weighted by Gasteiger charge is -2.17. The van der Waals surface area contributed by atoms with E-state index in [9.17, 15) is 12.8 Å². The molecule has 1 aliphatic heterocycles. The zero-order chi connectivity index (χ0) is 18.2. The maximum absolute atomic E-state index is 13.9. The van der Waals surface area contributed by atoms with Crippen LogP contribution in [0.1, 0.15) is 23.8 Å². The van der Waals surface area contributed by atoms with Crippen LogP contribution < -0.4 is 0 Å². The number of halogens is 2. The van der Waals surface area contributed by atoms with Crippen LogP contribution in [0.4, 0.5) is 4.39 Å². The van der Waals surface area contributed by atoms with Gasteiger partial charge in [0.1, 0.15) is 5.82 Å². The van der Waals surface area contributed by atoms with E-state index in [1.54, 1.807) is 24.1 Å². The maximum Gasteiger partial charge on any atom is 0.288 e. The molecule has 0 saturated carbocycles. The minimum atomic E-state index is -3.03. The van der Waals surface area contributed by atoms with E-state index >= 15 is 0 Å². The molecule has 0 unspecified atom stereocenters. The minimum absolute atomic E-state index is 0.0307. The molecule has 6 nitrogen and oxygen atoms in total. The molecule has 0 amide bonds. The maximum atomic E-state index is 13.9. The lowest BCUT2D eigenvalue weighted by molar-refractivity contribution is 0.238. The number of aromatic nitrogens is 2. The fourth-order valence-corrected chi connectivity index (χ4v) is 4.94. The van der Waals surface area contributed by atoms with Gasteiger partial charge in [0.05, 0.1) is 24.1 Å². The minimum Gasteiger partial charge on any atom is -0.414 e. The van der Waals surface area contributed by atoms with E-state index in [2.05, 4.69) is 5.10 Å². The average Bonchev–Trinajstić information content (AvgIpc) is 3.06. The average molecular weight is 406 g/mol. The largest absolute Gasteiger partial charge is 0.414 e. The molecule has 25 heavy (non-hydrogen) atoms. The van der Waals surface area contributed by atoms with Crippen molar-refractivity contribution >= 4 is 33.7 Å². The highest BCUT2D eigenvalue weighted by Crippen LogP contribution is 2.28. The highest BCUT2D eigenvalue weighted by molar-refractivity contribution is 7.91. The van der Waals surface area contributed by atoms with Gasteiger partial charge in [-0.05, 0) is 37.8 Å². The van der Waals surface area contributed by atoms with Crippen LogP contribution >= 0.6 is 23.8 Å². The number of hydrogen-bond donors (Lipinski definition) is 0. The summed E-state index contributed by atoms with van der Waals surface area (Å²) < 4.78 is 44.0. The molecule has 136 valence electrons. The topological polar surface area (TPSA) is 68.3 Å². The summed E-state index contributed by atoms with van der Waals surface area (Å²) >= 11 is 11.2. The number of nitrogens with zero attached hydrogens (tertiary/aromatic N) is 3. The second kappa shape index (κ2) is 7.14. The first-order valence-corrected chi connectivity index (χ1v) is 10.3. The Morgan fingerprint density at radius 3 is 2.92 bits per heavy atom. The molecule has 1 saturated heterocycles. The van der Waals surface area contributed by atoms with Crippen LogP contribution in [0, 0.1) is 10.7 Å². The highest BCUT2D eigenvalue weighted by atomic mass is 35.5. The van der Waals surface area contributed by atoms with Crippen LogP contribution in [0.3, 0.4) is 0 Å². The van der Waals surface area contributed by atoms with Gasteiger partial charge < -0.3 is 4.42 Å². The number of hydrogen-bond acceptors (Lipinski definition) is 6. The van der Waals surface area contributed by atoms with Crippen LogP contribution in [0.5, 0.6) is 0 Å². The van der Waals surface area contributed by atoms with Crippen LogP contribution in [0.15, 0.2) is 22.6 Å². The van der Waals surface area contributed by atoms with Crippen molar-refractivity contribution in [2.45, 2.75) is 25.6 Å². The molecular formula is C15H17ClFN3O3S2. The zero-order valence-corrected chi connectivity index (χ0v) is 15.9. The standard InChI is InChI=1S/C15H17ClFN3O3S2/c1-19(7-11-12(16)3-2-4-13(11)17)9-20-15(24)23-14(18-20)10-5-6-25(21,22)8-10/h2-4,10H,5-9H2,1H3/t10-/m0/s1. The lowest BCUT2D eigenvalue weighted by Crippen LogP contribution is -2.23. The van der Waals surface area contributed by atoms with E-state index in [0.717, 1.165) is 0 Å². The van der Waals surface area contributed by atoms with E-state index in [-0.39, 0.29) is 41.3 Å². The van der Waals surface area contributed by atoms with Gasteiger partial charge in [-0.3, -0.25) is 4.90 Å². The summed E-state index contributed by atoms with van der Waals surface area (Å²) in [7, 11) is -1.25. The van der Waals surface area contributed by atoms with Crippen molar-refractivity contribution in [2.24, 2.45) is 0 Å². The summed E-state index contributed by atoms with van der Waals surface area (Å²) in [6, 6.07) is 4.54. The molecule has 1 fully saturated rings. The molecule has 1 aromatic heterocycles. The molecule has 0 N–H and O–H groups in total. The Morgan fingerprint density at radius 2 is 2.28 bits per heavy atom. The quantitative estimate of drug-likeness (QED) is 0.712. The van der Waals surface area contributed by atoms with Crippen molar-refractivity contribution in [3.63, 3.8) is 0 Å². The first-order chi connectivity index (χ1) is 11.7. The van der Waals surface area contributed by atoms with Crippen molar-refractivity contribution < 1.29 is 17.2 Å². The Morgan fingerprint density at radius 1 is 1.52 bits per heavy atom. The lowest BCUT2D eigenvalue weighted by atomic mass is 10.1. The summed E-state index contributed by atoms with van der Waals surface area (Å²) in [6.07, 6.45) is 0.484. The van der Waals surface area contributed by atoms with Gasteiger partial charge in [0.25, 0.3) is 4.84 Å². The third-order valence-corrected chi connectivity index (χ3v) is 6.48. The summed E-state index contributed by atoms with van der Waals surface area (Å²) in [4.78, 5) is 1.95. The van der Waals surface area contributed by atoms with Crippen molar-refractivity contribution in [2.75, 3.05) is 18.6 Å². The third-order valence-electron chi connectivity index (χ3n) is 4.07. The normalized spacial score (nSPS) is 19.6. The van der Waals surface area contributed by atoms with Gasteiger partial charge in [0.15, 0.2) is 9.84 Å². The molecule has 1 aliphatic rings. The first-order valence-electron chi connectivity index (χ1n) is 7.65. The Balaban J connectivity index is 1.72. The molecule has 0 radical (unpaired) electrons. The van der Waals surface area contributed by atoms with Gasteiger partial charge in [-0.1, -0.05) is 17.7 Å². The zero-order valence-electron chi connectivity index (χ0n) is 13.5. The Hall–Kier alpha value is -1.29. The Labute approximate surface area is 155 Å². The predicted molar refractivity (Wildman–Crippen MR) is 94.2 cm³/mol. The fourth-order valence-electron chi connectivity index (χ4n) is 2.80. The van der Waals surface area contributed by atoms with Crippen LogP contribution in [-0.4, -0.2) is 41.7 Å². The van der Waals surface area contributed by atoms with Crippen LogP contribution in [-0.2, 0) is 23.1 Å². The molecule has 0 bridgehead atoms. The molecule has 0 aliphatic carbocycles. The number of benzene rings is 1. The summed E-state index contributed by atoms with van der Waals surface area (Å²) in [5.74, 6) is -0.135. The van der Waals surface area contributed by atoms with E-state index < -0.39 is 9.84 Å². The van der Waals surface area contributed by atoms with Gasteiger partial charge in [0.2, 0.25) is 5.89 Å². The summed E-state index contributed by atoms with van der Waals surface area (Å²) in [6.45, 7) is 0.541. The molecule has 2 aromatic rings. The first kappa shape index (κ1) is 18.5. The second-order valence-corrected chi connectivity index (χ2v) is 9.15. The molecule has 1 aromatic carbocycles. The van der Waals surface area contributed by atoms with Gasteiger partial charge in [-0.15, -0.1) is 5.10 Å². The van der Waals surface area contributed by atoms with E-state index in [4.69, 9.17) is 28.2 Å². The van der Waals surface area contributed by atoms with Crippen molar-refractivity contribution in [1.29, 1.82) is 0 Å². The van der Waals surface area contributed by atoms with E-state index in [0.29, 0.717) is 22.9 Å². The fraction of sp³-hybridized carbons (Fsp3) is 0.467. The van der Waals surface area contributed by atoms with Crippen LogP contribution in [0.2, 0.25) is 5.02 Å². The van der Waals surface area contributed by atoms with Crippen molar-refractivity contribution in [3.8, 4) is 0 Å². The van der Waals surface area contributed by atoms with Crippen molar-refractivity contribution in [1.82, 2.24) is 14.7 Å². The second-order valence-electron chi connectivity index (χ2n) is 6.16. The third kappa shape index (κ3) is 4.28. The number of rotatable bonds is 5. The van der Waals surface area contributed by atoms with Crippen molar-refractivity contribution in [3.05, 3.63) is 45.3 Å². The summed E-state index contributed by atoms with van der Waals surface area (Å²) in [5.41, 5.74) is 0.392. The highest BCUT2D eigenvalue weighted by Gasteiger charge is 2.32. The van der Waals surface area contributed by atoms with Gasteiger partial charge in [-0.25, -0.2) is 17.5 Å². The van der Waals surface area contributed by atoms with E-state index in [1.807, 2.05) is 0 Å².